The van der Waals surface area contributed by atoms with Crippen LogP contribution in [0.25, 0.3) is 0 Å². The molecule has 0 bridgehead atoms. The molecule has 24 heavy (non-hydrogen) atoms. The summed E-state index contributed by atoms with van der Waals surface area (Å²) < 4.78 is 30.8. The lowest BCUT2D eigenvalue weighted by molar-refractivity contribution is 0.0459. The third-order valence-corrected chi connectivity index (χ3v) is 5.55. The highest BCUT2D eigenvalue weighted by molar-refractivity contribution is 7.89. The van der Waals surface area contributed by atoms with E-state index >= 15 is 0 Å². The van der Waals surface area contributed by atoms with Gasteiger partial charge < -0.3 is 10.1 Å². The van der Waals surface area contributed by atoms with Gasteiger partial charge in [-0.3, -0.25) is 0 Å². The highest BCUT2D eigenvalue weighted by Gasteiger charge is 2.35. The molecule has 0 saturated heterocycles. The highest BCUT2D eigenvalue weighted by atomic mass is 32.2. The summed E-state index contributed by atoms with van der Waals surface area (Å²) in [6.45, 7) is 13.5. The lowest BCUT2D eigenvalue weighted by Gasteiger charge is -2.36. The zero-order valence-electron chi connectivity index (χ0n) is 16.0. The van der Waals surface area contributed by atoms with Crippen LogP contribution in [0.2, 0.25) is 0 Å². The number of nitrogens with zero attached hydrogens (tertiary/aromatic N) is 1. The van der Waals surface area contributed by atoms with Gasteiger partial charge >= 0.3 is 6.09 Å². The molecule has 0 heterocycles. The van der Waals surface area contributed by atoms with Crippen LogP contribution in [0.3, 0.4) is 0 Å². The van der Waals surface area contributed by atoms with Crippen molar-refractivity contribution in [3.63, 3.8) is 0 Å². The zero-order chi connectivity index (χ0) is 19.0. The summed E-state index contributed by atoms with van der Waals surface area (Å²) in [5, 5.41) is 2.77. The first-order chi connectivity index (χ1) is 11.0. The third kappa shape index (κ3) is 8.68. The van der Waals surface area contributed by atoms with Gasteiger partial charge in [0, 0.05) is 19.6 Å². The van der Waals surface area contributed by atoms with Gasteiger partial charge in [0.25, 0.3) is 0 Å². The Bertz CT molecular complexity index is 491. The summed E-state index contributed by atoms with van der Waals surface area (Å²) in [5.74, 6) is 0.226. The maximum absolute atomic E-state index is 12.1. The molecule has 1 amide bonds. The quantitative estimate of drug-likeness (QED) is 0.706. The van der Waals surface area contributed by atoms with Crippen molar-refractivity contribution in [1.29, 1.82) is 0 Å². The highest BCUT2D eigenvalue weighted by Crippen LogP contribution is 2.29. The van der Waals surface area contributed by atoms with E-state index in [0.717, 1.165) is 0 Å². The van der Waals surface area contributed by atoms with E-state index < -0.39 is 21.7 Å². The van der Waals surface area contributed by atoms with Gasteiger partial charge in [-0.2, -0.15) is 0 Å². The van der Waals surface area contributed by atoms with Gasteiger partial charge in [-0.05, 0) is 46.0 Å². The molecule has 0 aromatic carbocycles. The fourth-order valence-electron chi connectivity index (χ4n) is 2.30. The predicted octanol–water partition coefficient (Wildman–Crippen LogP) is 3.15. The van der Waals surface area contributed by atoms with Crippen LogP contribution in [0.4, 0.5) is 4.79 Å². The molecule has 0 spiro atoms. The Kier molecular flexibility index (Phi) is 9.58. The molecule has 0 unspecified atom stereocenters. The number of hydrogen-bond acceptors (Lipinski definition) is 4. The number of hydrogen-bond donors (Lipinski definition) is 1. The minimum atomic E-state index is -3.23. The topological polar surface area (TPSA) is 75.7 Å². The van der Waals surface area contributed by atoms with Crippen molar-refractivity contribution in [2.45, 2.75) is 65.5 Å². The van der Waals surface area contributed by atoms with E-state index in [1.54, 1.807) is 13.1 Å². The van der Waals surface area contributed by atoms with Crippen molar-refractivity contribution in [3.05, 3.63) is 12.7 Å². The van der Waals surface area contributed by atoms with Crippen molar-refractivity contribution in [2.24, 2.45) is 5.92 Å². The van der Waals surface area contributed by atoms with E-state index in [1.807, 2.05) is 34.6 Å². The summed E-state index contributed by atoms with van der Waals surface area (Å²) >= 11 is 0. The molecule has 6 nitrogen and oxygen atoms in total. The second kappa shape index (κ2) is 10.0. The van der Waals surface area contributed by atoms with E-state index in [9.17, 15) is 13.2 Å². The second-order valence-electron chi connectivity index (χ2n) is 6.86. The molecule has 1 aliphatic carbocycles. The Hall–Kier alpha value is -1.08. The number of sulfonamides is 1. The van der Waals surface area contributed by atoms with Crippen molar-refractivity contribution in [2.75, 3.05) is 19.3 Å². The first-order valence-corrected chi connectivity index (χ1v) is 10.2. The predicted molar refractivity (Wildman–Crippen MR) is 98.5 cm³/mol. The van der Waals surface area contributed by atoms with E-state index in [-0.39, 0.29) is 17.7 Å². The molecule has 1 saturated carbocycles. The van der Waals surface area contributed by atoms with Crippen molar-refractivity contribution >= 4 is 16.1 Å². The molecule has 0 atom stereocenters. The molecule has 0 aliphatic heterocycles. The van der Waals surface area contributed by atoms with Crippen LogP contribution in [0, 0.1) is 5.92 Å². The van der Waals surface area contributed by atoms with Crippen LogP contribution in [-0.2, 0) is 14.8 Å². The van der Waals surface area contributed by atoms with Gasteiger partial charge in [0.15, 0.2) is 0 Å². The first kappa shape index (κ1) is 22.9. The molecule has 1 rings (SSSR count). The fraction of sp³-hybridized carbons (Fsp3) is 0.824. The smallest absolute Gasteiger partial charge is 0.407 e. The average Bonchev–Trinajstić information content (AvgIpc) is 2.42. The largest absolute Gasteiger partial charge is 0.444 e. The minimum absolute atomic E-state index is 0.00790. The molecular weight excluding hydrogens is 328 g/mol. The van der Waals surface area contributed by atoms with Crippen LogP contribution < -0.4 is 5.32 Å². The summed E-state index contributed by atoms with van der Waals surface area (Å²) in [6.07, 6.45) is 3.25. The van der Waals surface area contributed by atoms with Gasteiger partial charge in [0.2, 0.25) is 10.0 Å². The number of nitrogens with one attached hydrogen (secondary N) is 1. The van der Waals surface area contributed by atoms with Crippen molar-refractivity contribution in [1.82, 2.24) is 9.62 Å². The number of carbonyl (C=O) groups excluding carboxylic acids is 1. The number of rotatable bonds is 7. The summed E-state index contributed by atoms with van der Waals surface area (Å²) in [7, 11) is -1.64. The van der Waals surface area contributed by atoms with Crippen molar-refractivity contribution in [3.8, 4) is 0 Å². The lowest BCUT2D eigenvalue weighted by atomic mass is 9.82. The van der Waals surface area contributed by atoms with Gasteiger partial charge in [-0.25, -0.2) is 17.5 Å². The minimum Gasteiger partial charge on any atom is -0.444 e. The molecule has 1 aliphatic rings. The number of alkyl carbamates (subject to hydrolysis) is 1. The fourth-order valence-corrected chi connectivity index (χ4v) is 3.81. The Balaban J connectivity index is 0.00000254. The molecule has 142 valence electrons. The van der Waals surface area contributed by atoms with Gasteiger partial charge in [-0.15, -0.1) is 6.58 Å². The SMILES string of the molecule is C=CCCN(C)S(=O)(=O)CC1CC(NC(=O)OC(C)(C)C)C1.CC. The summed E-state index contributed by atoms with van der Waals surface area (Å²) in [6, 6.07) is 0.00790. The zero-order valence-corrected chi connectivity index (χ0v) is 16.8. The maximum Gasteiger partial charge on any atom is 0.407 e. The Morgan fingerprint density at radius 1 is 1.33 bits per heavy atom. The van der Waals surface area contributed by atoms with Crippen LogP contribution in [0.5, 0.6) is 0 Å². The molecule has 0 aromatic heterocycles. The number of amides is 1. The third-order valence-electron chi connectivity index (χ3n) is 3.53. The first-order valence-electron chi connectivity index (χ1n) is 8.58. The molecular formula is C17H34N2O4S. The Labute approximate surface area is 147 Å². The van der Waals surface area contributed by atoms with Gasteiger partial charge in [-0.1, -0.05) is 19.9 Å². The molecule has 7 heteroatoms. The molecule has 1 N–H and O–H groups in total. The second-order valence-corrected chi connectivity index (χ2v) is 8.98. The lowest BCUT2D eigenvalue weighted by Crippen LogP contribution is -2.48. The van der Waals surface area contributed by atoms with E-state index in [1.165, 1.54) is 4.31 Å². The van der Waals surface area contributed by atoms with Gasteiger partial charge in [0.05, 0.1) is 5.75 Å². The van der Waals surface area contributed by atoms with E-state index in [0.29, 0.717) is 25.8 Å². The van der Waals surface area contributed by atoms with E-state index in [2.05, 4.69) is 11.9 Å². The van der Waals surface area contributed by atoms with E-state index in [4.69, 9.17) is 4.74 Å². The van der Waals surface area contributed by atoms with Crippen LogP contribution in [-0.4, -0.2) is 49.8 Å². The van der Waals surface area contributed by atoms with Crippen LogP contribution >= 0.6 is 0 Å². The molecule has 1 fully saturated rings. The van der Waals surface area contributed by atoms with Crippen LogP contribution in [0.1, 0.15) is 53.9 Å². The average molecular weight is 363 g/mol. The molecule has 0 radical (unpaired) electrons. The number of carbonyl (C=O) groups is 1. The maximum atomic E-state index is 12.1. The van der Waals surface area contributed by atoms with Gasteiger partial charge in [0.1, 0.15) is 5.60 Å². The number of ether oxygens (including phenoxy) is 1. The Morgan fingerprint density at radius 2 is 1.88 bits per heavy atom. The van der Waals surface area contributed by atoms with Crippen molar-refractivity contribution < 1.29 is 17.9 Å². The monoisotopic (exact) mass is 362 g/mol. The normalized spacial score (nSPS) is 20.5. The Morgan fingerprint density at radius 3 is 2.33 bits per heavy atom. The standard InChI is InChI=1S/C15H28N2O4S.C2H6/c1-6-7-8-17(5)22(19,20)11-12-9-13(10-12)16-14(18)21-15(2,3)4;1-2/h6,12-13H,1,7-11H2,2-5H3,(H,16,18);1-2H3. The van der Waals surface area contributed by atoms with Crippen LogP contribution in [0.15, 0.2) is 12.7 Å². The molecule has 0 aromatic rings. The summed E-state index contributed by atoms with van der Waals surface area (Å²) in [5.41, 5.74) is -0.523. The summed E-state index contributed by atoms with van der Waals surface area (Å²) in [4.78, 5) is 11.6.